The number of thiazole rings is 1. The summed E-state index contributed by atoms with van der Waals surface area (Å²) in [6.07, 6.45) is 1.88. The molecule has 0 saturated heterocycles. The Balaban J connectivity index is 2.17. The van der Waals surface area contributed by atoms with Crippen LogP contribution >= 0.6 is 22.9 Å². The van der Waals surface area contributed by atoms with Crippen molar-refractivity contribution in [2.24, 2.45) is 5.92 Å². The van der Waals surface area contributed by atoms with Gasteiger partial charge in [-0.1, -0.05) is 31.5 Å². The summed E-state index contributed by atoms with van der Waals surface area (Å²) in [5, 5.41) is 2.71. The van der Waals surface area contributed by atoms with Crippen LogP contribution in [-0.2, 0) is 16.4 Å². The minimum atomic E-state index is -3.67. The molecule has 0 radical (unpaired) electrons. The van der Waals surface area contributed by atoms with E-state index in [0.29, 0.717) is 21.6 Å². The van der Waals surface area contributed by atoms with Crippen LogP contribution in [0.1, 0.15) is 31.5 Å². The number of rotatable bonds is 6. The van der Waals surface area contributed by atoms with Crippen molar-refractivity contribution in [3.05, 3.63) is 39.9 Å². The van der Waals surface area contributed by atoms with E-state index >= 15 is 0 Å². The van der Waals surface area contributed by atoms with E-state index in [4.69, 9.17) is 11.6 Å². The molecule has 1 heterocycles. The van der Waals surface area contributed by atoms with Crippen molar-refractivity contribution in [3.8, 4) is 0 Å². The molecule has 0 aliphatic rings. The lowest BCUT2D eigenvalue weighted by Gasteiger charge is -2.09. The molecule has 0 spiro atoms. The molecular weight excluding hydrogens is 340 g/mol. The zero-order chi connectivity index (χ0) is 16.3. The smallest absolute Gasteiger partial charge is 0.255 e. The molecule has 1 aromatic heterocycles. The molecule has 0 aliphatic heterocycles. The van der Waals surface area contributed by atoms with E-state index in [9.17, 15) is 8.42 Å². The molecule has 0 saturated carbocycles. The van der Waals surface area contributed by atoms with Gasteiger partial charge in [0, 0.05) is 10.4 Å². The van der Waals surface area contributed by atoms with Crippen LogP contribution in [-0.4, -0.2) is 13.4 Å². The molecule has 1 aromatic carbocycles. The van der Waals surface area contributed by atoms with Crippen LogP contribution in [0, 0.1) is 12.8 Å². The number of hydrogen-bond acceptors (Lipinski definition) is 4. The highest BCUT2D eigenvalue weighted by atomic mass is 35.5. The Morgan fingerprint density at radius 3 is 2.77 bits per heavy atom. The van der Waals surface area contributed by atoms with Gasteiger partial charge < -0.3 is 0 Å². The zero-order valence-electron chi connectivity index (χ0n) is 12.8. The molecule has 0 bridgehead atoms. The zero-order valence-corrected chi connectivity index (χ0v) is 15.1. The molecule has 120 valence electrons. The molecule has 7 heteroatoms. The third-order valence-electron chi connectivity index (χ3n) is 3.26. The van der Waals surface area contributed by atoms with Crippen LogP contribution in [0.3, 0.4) is 0 Å². The first-order valence-corrected chi connectivity index (χ1v) is 9.76. The number of nitrogens with one attached hydrogen (secondary N) is 1. The summed E-state index contributed by atoms with van der Waals surface area (Å²) in [5.41, 5.74) is 1.45. The Kier molecular flexibility index (Phi) is 5.47. The first kappa shape index (κ1) is 17.2. The number of aryl methyl sites for hydroxylation is 1. The molecule has 1 N–H and O–H groups in total. The lowest BCUT2D eigenvalue weighted by Crippen LogP contribution is -2.14. The molecule has 0 unspecified atom stereocenters. The summed E-state index contributed by atoms with van der Waals surface area (Å²) >= 11 is 7.29. The third kappa shape index (κ3) is 4.21. The number of halogens is 1. The number of hydrogen-bond donors (Lipinski definition) is 1. The minimum absolute atomic E-state index is 0.180. The van der Waals surface area contributed by atoms with E-state index in [1.165, 1.54) is 17.4 Å². The van der Waals surface area contributed by atoms with Crippen molar-refractivity contribution in [1.29, 1.82) is 0 Å². The Labute approximate surface area is 140 Å². The maximum atomic E-state index is 12.4. The molecule has 22 heavy (non-hydrogen) atoms. The van der Waals surface area contributed by atoms with Gasteiger partial charge in [0.05, 0.1) is 10.6 Å². The number of benzene rings is 1. The Hall–Kier alpha value is -1.11. The second-order valence-corrected chi connectivity index (χ2v) is 8.46. The molecule has 2 aromatic rings. The number of sulfonamides is 1. The fraction of sp³-hybridized carbons (Fsp3) is 0.400. The van der Waals surface area contributed by atoms with Crippen molar-refractivity contribution in [3.63, 3.8) is 0 Å². The monoisotopic (exact) mass is 358 g/mol. The fourth-order valence-electron chi connectivity index (χ4n) is 1.95. The van der Waals surface area contributed by atoms with Crippen LogP contribution in [0.2, 0.25) is 5.02 Å². The van der Waals surface area contributed by atoms with Gasteiger partial charge in [0.25, 0.3) is 10.0 Å². The average Bonchev–Trinajstić information content (AvgIpc) is 2.86. The van der Waals surface area contributed by atoms with Crippen molar-refractivity contribution in [1.82, 2.24) is 4.98 Å². The topological polar surface area (TPSA) is 59.1 Å². The Morgan fingerprint density at radius 2 is 2.09 bits per heavy atom. The SMILES string of the molecule is Cc1c(Cl)cccc1S(=O)(=O)Nc1nc(CCC(C)C)cs1. The second-order valence-electron chi connectivity index (χ2n) is 5.54. The van der Waals surface area contributed by atoms with Crippen molar-refractivity contribution >= 4 is 38.1 Å². The van der Waals surface area contributed by atoms with Crippen molar-refractivity contribution < 1.29 is 8.42 Å². The molecule has 2 rings (SSSR count). The van der Waals surface area contributed by atoms with E-state index in [1.54, 1.807) is 19.1 Å². The van der Waals surface area contributed by atoms with Gasteiger partial charge in [0.2, 0.25) is 0 Å². The van der Waals surface area contributed by atoms with Gasteiger partial charge in [0.15, 0.2) is 5.13 Å². The van der Waals surface area contributed by atoms with Gasteiger partial charge in [-0.05, 0) is 43.4 Å². The maximum absolute atomic E-state index is 12.4. The Morgan fingerprint density at radius 1 is 1.36 bits per heavy atom. The molecule has 0 atom stereocenters. The van der Waals surface area contributed by atoms with Gasteiger partial charge in [0.1, 0.15) is 0 Å². The van der Waals surface area contributed by atoms with Crippen LogP contribution < -0.4 is 4.72 Å². The number of aromatic nitrogens is 1. The van der Waals surface area contributed by atoms with Crippen molar-refractivity contribution in [2.45, 2.75) is 38.5 Å². The largest absolute Gasteiger partial charge is 0.263 e. The minimum Gasteiger partial charge on any atom is -0.255 e. The summed E-state index contributed by atoms with van der Waals surface area (Å²) in [6.45, 7) is 5.99. The van der Waals surface area contributed by atoms with Crippen LogP contribution in [0.4, 0.5) is 5.13 Å². The molecule has 0 aliphatic carbocycles. The lowest BCUT2D eigenvalue weighted by molar-refractivity contribution is 0.582. The number of nitrogens with zero attached hydrogens (tertiary/aromatic N) is 1. The van der Waals surface area contributed by atoms with Crippen molar-refractivity contribution in [2.75, 3.05) is 4.72 Å². The summed E-state index contributed by atoms with van der Waals surface area (Å²) < 4.78 is 27.4. The van der Waals surface area contributed by atoms with Crippen LogP contribution in [0.5, 0.6) is 0 Å². The van der Waals surface area contributed by atoms with E-state index < -0.39 is 10.0 Å². The van der Waals surface area contributed by atoms with Gasteiger partial charge in [-0.15, -0.1) is 11.3 Å². The highest BCUT2D eigenvalue weighted by Crippen LogP contribution is 2.26. The normalized spacial score (nSPS) is 11.9. The summed E-state index contributed by atoms with van der Waals surface area (Å²) in [4.78, 5) is 4.52. The number of anilines is 1. The van der Waals surface area contributed by atoms with Gasteiger partial charge in [-0.2, -0.15) is 0 Å². The Bertz CT molecular complexity index is 755. The quantitative estimate of drug-likeness (QED) is 0.827. The summed E-state index contributed by atoms with van der Waals surface area (Å²) in [5.74, 6) is 0.593. The third-order valence-corrected chi connectivity index (χ3v) is 6.09. The van der Waals surface area contributed by atoms with E-state index in [2.05, 4.69) is 23.6 Å². The van der Waals surface area contributed by atoms with Gasteiger partial charge in [-0.3, -0.25) is 4.72 Å². The average molecular weight is 359 g/mol. The molecular formula is C15H19ClN2O2S2. The summed E-state index contributed by atoms with van der Waals surface area (Å²) in [6, 6.07) is 4.83. The molecule has 0 amide bonds. The highest BCUT2D eigenvalue weighted by Gasteiger charge is 2.19. The van der Waals surface area contributed by atoms with Gasteiger partial charge >= 0.3 is 0 Å². The first-order chi connectivity index (χ1) is 10.3. The molecule has 4 nitrogen and oxygen atoms in total. The predicted molar refractivity (Wildman–Crippen MR) is 92.3 cm³/mol. The van der Waals surface area contributed by atoms with Crippen LogP contribution in [0.25, 0.3) is 0 Å². The van der Waals surface area contributed by atoms with E-state index in [1.807, 2.05) is 5.38 Å². The second kappa shape index (κ2) is 6.98. The van der Waals surface area contributed by atoms with Gasteiger partial charge in [-0.25, -0.2) is 13.4 Å². The molecule has 0 fully saturated rings. The first-order valence-electron chi connectivity index (χ1n) is 7.02. The predicted octanol–water partition coefficient (Wildman–Crippen LogP) is 4.49. The summed E-state index contributed by atoms with van der Waals surface area (Å²) in [7, 11) is -3.67. The highest BCUT2D eigenvalue weighted by molar-refractivity contribution is 7.93. The lowest BCUT2D eigenvalue weighted by atomic mass is 10.1. The van der Waals surface area contributed by atoms with E-state index in [-0.39, 0.29) is 4.90 Å². The maximum Gasteiger partial charge on any atom is 0.263 e. The van der Waals surface area contributed by atoms with Crippen LogP contribution in [0.15, 0.2) is 28.5 Å². The fourth-order valence-corrected chi connectivity index (χ4v) is 4.45. The van der Waals surface area contributed by atoms with E-state index in [0.717, 1.165) is 18.5 Å². The standard InChI is InChI=1S/C15H19ClN2O2S2/c1-10(2)7-8-12-9-21-15(17-12)18-22(19,20)14-6-4-5-13(16)11(14)3/h4-6,9-10H,7-8H2,1-3H3,(H,17,18).